The van der Waals surface area contributed by atoms with Crippen molar-refractivity contribution in [2.24, 2.45) is 11.7 Å². The Morgan fingerprint density at radius 2 is 2.17 bits per heavy atom. The number of carboxylic acids is 1. The number of carbonyl (C=O) groups is 1. The average Bonchev–Trinajstić information content (AvgIpc) is 1.81. The highest BCUT2D eigenvalue weighted by atomic mass is 16.4. The van der Waals surface area contributed by atoms with E-state index >= 15 is 0 Å². The largest absolute Gasteiger partial charge is 0.481 e. The molecule has 1 rings (SSSR count). The van der Waals surface area contributed by atoms with Crippen LogP contribution in [0.1, 0.15) is 25.7 Å². The van der Waals surface area contributed by atoms with Gasteiger partial charge in [-0.25, -0.2) is 0 Å². The first kappa shape index (κ1) is 9.48. The second-order valence-corrected chi connectivity index (χ2v) is 3.51. The van der Waals surface area contributed by atoms with Crippen LogP contribution in [0.15, 0.2) is 0 Å². The van der Waals surface area contributed by atoms with Gasteiger partial charge in [-0.2, -0.15) is 0 Å². The Kier molecular flexibility index (Phi) is 2.69. The van der Waals surface area contributed by atoms with E-state index in [4.69, 9.17) is 10.8 Å². The lowest BCUT2D eigenvalue weighted by Gasteiger charge is -2.39. The number of carboxylic acid groups (broad SMARTS) is 1. The second kappa shape index (κ2) is 3.41. The topological polar surface area (TPSA) is 83.5 Å². The molecule has 4 N–H and O–H groups in total. The summed E-state index contributed by atoms with van der Waals surface area (Å²) in [6.07, 6.45) is 2.66. The molecule has 0 aliphatic heterocycles. The first-order valence-corrected chi connectivity index (χ1v) is 4.23. The van der Waals surface area contributed by atoms with Crippen molar-refractivity contribution in [2.45, 2.75) is 31.3 Å². The monoisotopic (exact) mass is 173 g/mol. The fourth-order valence-electron chi connectivity index (χ4n) is 1.59. The Bertz CT molecular complexity index is 179. The van der Waals surface area contributed by atoms with E-state index in [-0.39, 0.29) is 18.9 Å². The summed E-state index contributed by atoms with van der Waals surface area (Å²) in [7, 11) is 0. The van der Waals surface area contributed by atoms with Gasteiger partial charge in [-0.1, -0.05) is 6.42 Å². The molecule has 1 saturated carbocycles. The van der Waals surface area contributed by atoms with Crippen LogP contribution in [0.4, 0.5) is 0 Å². The Hall–Kier alpha value is -0.610. The molecular weight excluding hydrogens is 158 g/mol. The van der Waals surface area contributed by atoms with Crippen LogP contribution >= 0.6 is 0 Å². The lowest BCUT2D eigenvalue weighted by molar-refractivity contribution is -0.146. The van der Waals surface area contributed by atoms with Gasteiger partial charge in [-0.15, -0.1) is 0 Å². The molecular formula is C8H15NO3. The Morgan fingerprint density at radius 1 is 1.58 bits per heavy atom. The van der Waals surface area contributed by atoms with Crippen LogP contribution in [-0.4, -0.2) is 28.3 Å². The third kappa shape index (κ3) is 1.76. The maximum Gasteiger partial charge on any atom is 0.306 e. The molecule has 0 aromatic heterocycles. The highest BCUT2D eigenvalue weighted by Gasteiger charge is 2.40. The number of nitrogens with two attached hydrogens (primary N) is 1. The quantitative estimate of drug-likeness (QED) is 0.556. The second-order valence-electron chi connectivity index (χ2n) is 3.51. The molecule has 0 aromatic rings. The summed E-state index contributed by atoms with van der Waals surface area (Å²) in [6.45, 7) is 0.0456. The summed E-state index contributed by atoms with van der Waals surface area (Å²) in [5.74, 6) is -0.881. The zero-order valence-electron chi connectivity index (χ0n) is 6.99. The predicted molar refractivity (Wildman–Crippen MR) is 43.6 cm³/mol. The minimum Gasteiger partial charge on any atom is -0.481 e. The van der Waals surface area contributed by atoms with Crippen molar-refractivity contribution in [1.29, 1.82) is 0 Å². The van der Waals surface area contributed by atoms with Crippen molar-refractivity contribution in [1.82, 2.24) is 0 Å². The number of rotatable bonds is 4. The van der Waals surface area contributed by atoms with Gasteiger partial charge in [-0.3, -0.25) is 4.79 Å². The SMILES string of the molecule is NCC(O)(CC(=O)O)C1CCC1. The molecule has 1 aliphatic rings. The van der Waals surface area contributed by atoms with Crippen LogP contribution in [0.5, 0.6) is 0 Å². The minimum absolute atomic E-state index is 0.0456. The Morgan fingerprint density at radius 3 is 2.42 bits per heavy atom. The van der Waals surface area contributed by atoms with Crippen LogP contribution in [0.2, 0.25) is 0 Å². The fraction of sp³-hybridized carbons (Fsp3) is 0.875. The molecule has 0 radical (unpaired) electrons. The predicted octanol–water partition coefficient (Wildman–Crippen LogP) is -0.0490. The van der Waals surface area contributed by atoms with E-state index < -0.39 is 11.6 Å². The molecule has 0 aromatic carbocycles. The molecule has 0 amide bonds. The zero-order chi connectivity index (χ0) is 9.19. The molecule has 0 saturated heterocycles. The summed E-state index contributed by atoms with van der Waals surface area (Å²) >= 11 is 0. The summed E-state index contributed by atoms with van der Waals surface area (Å²) in [6, 6.07) is 0. The van der Waals surface area contributed by atoms with Gasteiger partial charge < -0.3 is 15.9 Å². The molecule has 1 unspecified atom stereocenters. The standard InChI is InChI=1S/C8H15NO3/c9-5-8(12,4-7(10)11)6-2-1-3-6/h6,12H,1-5,9H2,(H,10,11). The maximum atomic E-state index is 10.4. The molecule has 1 aliphatic carbocycles. The molecule has 1 atom stereocenters. The average molecular weight is 173 g/mol. The lowest BCUT2D eigenvalue weighted by atomic mass is 9.71. The van der Waals surface area contributed by atoms with Gasteiger partial charge >= 0.3 is 5.97 Å². The molecule has 12 heavy (non-hydrogen) atoms. The van der Waals surface area contributed by atoms with Crippen LogP contribution in [0, 0.1) is 5.92 Å². The third-order valence-corrected chi connectivity index (χ3v) is 2.68. The van der Waals surface area contributed by atoms with Crippen molar-refractivity contribution >= 4 is 5.97 Å². The van der Waals surface area contributed by atoms with E-state index in [9.17, 15) is 9.90 Å². The smallest absolute Gasteiger partial charge is 0.306 e. The summed E-state index contributed by atoms with van der Waals surface area (Å²) in [4.78, 5) is 10.4. The van der Waals surface area contributed by atoms with Gasteiger partial charge in [-0.05, 0) is 18.8 Å². The van der Waals surface area contributed by atoms with Crippen LogP contribution < -0.4 is 5.73 Å². The van der Waals surface area contributed by atoms with Gasteiger partial charge in [0.05, 0.1) is 12.0 Å². The number of hydrogen-bond acceptors (Lipinski definition) is 3. The highest BCUT2D eigenvalue weighted by molar-refractivity contribution is 5.68. The summed E-state index contributed by atoms with van der Waals surface area (Å²) in [5, 5.41) is 18.3. The van der Waals surface area contributed by atoms with Crippen LogP contribution in [-0.2, 0) is 4.79 Å². The number of hydrogen-bond donors (Lipinski definition) is 3. The van der Waals surface area contributed by atoms with E-state index in [0.29, 0.717) is 0 Å². The highest BCUT2D eigenvalue weighted by Crippen LogP contribution is 2.37. The maximum absolute atomic E-state index is 10.4. The number of aliphatic carboxylic acids is 1. The first-order valence-electron chi connectivity index (χ1n) is 4.23. The van der Waals surface area contributed by atoms with E-state index in [2.05, 4.69) is 0 Å². The molecule has 0 heterocycles. The summed E-state index contributed by atoms with van der Waals surface area (Å²) in [5.41, 5.74) is 4.19. The molecule has 4 nitrogen and oxygen atoms in total. The first-order chi connectivity index (χ1) is 5.58. The van der Waals surface area contributed by atoms with Gasteiger partial charge in [0.2, 0.25) is 0 Å². The Balaban J connectivity index is 2.53. The van der Waals surface area contributed by atoms with E-state index in [1.54, 1.807) is 0 Å². The van der Waals surface area contributed by atoms with Gasteiger partial charge in [0.1, 0.15) is 0 Å². The van der Waals surface area contributed by atoms with Crippen molar-refractivity contribution in [2.75, 3.05) is 6.54 Å². The molecule has 0 bridgehead atoms. The lowest BCUT2D eigenvalue weighted by Crippen LogP contribution is -2.49. The van der Waals surface area contributed by atoms with Crippen LogP contribution in [0.25, 0.3) is 0 Å². The normalized spacial score (nSPS) is 22.8. The van der Waals surface area contributed by atoms with Gasteiger partial charge in [0.25, 0.3) is 0 Å². The van der Waals surface area contributed by atoms with Crippen molar-refractivity contribution in [3.8, 4) is 0 Å². The van der Waals surface area contributed by atoms with Crippen molar-refractivity contribution < 1.29 is 15.0 Å². The molecule has 1 fully saturated rings. The summed E-state index contributed by atoms with van der Waals surface area (Å²) < 4.78 is 0. The molecule has 4 heteroatoms. The van der Waals surface area contributed by atoms with Crippen LogP contribution in [0.3, 0.4) is 0 Å². The molecule has 70 valence electrons. The van der Waals surface area contributed by atoms with E-state index in [1.165, 1.54) is 0 Å². The minimum atomic E-state index is -1.16. The van der Waals surface area contributed by atoms with Crippen molar-refractivity contribution in [3.63, 3.8) is 0 Å². The van der Waals surface area contributed by atoms with Crippen molar-refractivity contribution in [3.05, 3.63) is 0 Å². The number of aliphatic hydroxyl groups is 1. The van der Waals surface area contributed by atoms with Gasteiger partial charge in [0.15, 0.2) is 0 Å². The van der Waals surface area contributed by atoms with E-state index in [1.807, 2.05) is 0 Å². The van der Waals surface area contributed by atoms with E-state index in [0.717, 1.165) is 19.3 Å². The van der Waals surface area contributed by atoms with Gasteiger partial charge in [0, 0.05) is 6.54 Å². The fourth-order valence-corrected chi connectivity index (χ4v) is 1.59. The zero-order valence-corrected chi connectivity index (χ0v) is 6.99. The Labute approximate surface area is 71.4 Å². The third-order valence-electron chi connectivity index (χ3n) is 2.68. The molecule has 0 spiro atoms.